The van der Waals surface area contributed by atoms with Gasteiger partial charge in [0.05, 0.1) is 11.4 Å². The van der Waals surface area contributed by atoms with Crippen LogP contribution in [-0.2, 0) is 0 Å². The van der Waals surface area contributed by atoms with Gasteiger partial charge in [-0.1, -0.05) is 12.1 Å². The Morgan fingerprint density at radius 2 is 1.85 bits per heavy atom. The first-order valence-corrected chi connectivity index (χ1v) is 8.83. The molecule has 4 heterocycles. The van der Waals surface area contributed by atoms with E-state index in [4.69, 9.17) is 4.42 Å². The lowest BCUT2D eigenvalue weighted by molar-refractivity contribution is 0.646. The summed E-state index contributed by atoms with van der Waals surface area (Å²) in [6.07, 6.45) is 1.99. The lowest BCUT2D eigenvalue weighted by Crippen LogP contribution is -2.36. The second kappa shape index (κ2) is 5.21. The second-order valence-electron chi connectivity index (χ2n) is 6.97. The fourth-order valence-corrected chi connectivity index (χ4v) is 3.90. The Labute approximate surface area is 151 Å². The third-order valence-corrected chi connectivity index (χ3v) is 5.36. The van der Waals surface area contributed by atoms with Crippen molar-refractivity contribution in [3.63, 3.8) is 0 Å². The summed E-state index contributed by atoms with van der Waals surface area (Å²) < 4.78 is 6.26. The molecule has 0 amide bonds. The Balaban J connectivity index is 1.84. The molecule has 1 atom stereocenters. The smallest absolute Gasteiger partial charge is 0.227 e. The van der Waals surface area contributed by atoms with Gasteiger partial charge in [0.1, 0.15) is 6.17 Å². The van der Waals surface area contributed by atoms with Gasteiger partial charge in [-0.25, -0.2) is 9.97 Å². The van der Waals surface area contributed by atoms with Crippen LogP contribution in [0.3, 0.4) is 0 Å². The number of furan rings is 1. The number of aromatic nitrogens is 2. The highest BCUT2D eigenvalue weighted by Gasteiger charge is 2.35. The minimum Gasteiger partial charge on any atom is -0.435 e. The van der Waals surface area contributed by atoms with E-state index in [0.717, 1.165) is 39.2 Å². The van der Waals surface area contributed by atoms with Crippen LogP contribution in [-0.4, -0.2) is 23.2 Å². The first kappa shape index (κ1) is 15.2. The Morgan fingerprint density at radius 3 is 2.69 bits per heavy atom. The molecule has 3 aromatic heterocycles. The van der Waals surface area contributed by atoms with Crippen molar-refractivity contribution in [3.8, 4) is 0 Å². The number of pyridine rings is 2. The average molecular weight is 344 g/mol. The molecule has 1 aliphatic heterocycles. The van der Waals surface area contributed by atoms with Crippen LogP contribution < -0.4 is 9.80 Å². The minimum absolute atomic E-state index is 0.145. The predicted octanol–water partition coefficient (Wildman–Crippen LogP) is 4.93. The number of aryl methyl sites for hydroxylation is 2. The molecule has 5 nitrogen and oxygen atoms in total. The van der Waals surface area contributed by atoms with Crippen molar-refractivity contribution in [1.82, 2.24) is 9.97 Å². The van der Waals surface area contributed by atoms with Crippen LogP contribution in [0.25, 0.3) is 22.1 Å². The Morgan fingerprint density at radius 1 is 1.04 bits per heavy atom. The van der Waals surface area contributed by atoms with Gasteiger partial charge >= 0.3 is 0 Å². The van der Waals surface area contributed by atoms with Gasteiger partial charge in [-0.15, -0.1) is 0 Å². The van der Waals surface area contributed by atoms with E-state index in [0.29, 0.717) is 5.71 Å². The summed E-state index contributed by atoms with van der Waals surface area (Å²) in [5, 5.41) is 2.15. The van der Waals surface area contributed by atoms with Crippen LogP contribution in [0.1, 0.15) is 18.2 Å². The highest BCUT2D eigenvalue weighted by molar-refractivity contribution is 6.09. The molecule has 0 aliphatic carbocycles. The molecule has 0 spiro atoms. The number of hydrogen-bond donors (Lipinski definition) is 0. The summed E-state index contributed by atoms with van der Waals surface area (Å²) in [6, 6.07) is 12.5. The van der Waals surface area contributed by atoms with Crippen molar-refractivity contribution < 1.29 is 4.42 Å². The maximum Gasteiger partial charge on any atom is 0.227 e. The van der Waals surface area contributed by atoms with Crippen molar-refractivity contribution in [2.24, 2.45) is 0 Å². The molecule has 5 heteroatoms. The van der Waals surface area contributed by atoms with E-state index in [-0.39, 0.29) is 6.17 Å². The third kappa shape index (κ3) is 1.91. The molecule has 1 aliphatic rings. The van der Waals surface area contributed by atoms with Crippen molar-refractivity contribution >= 4 is 39.3 Å². The highest BCUT2D eigenvalue weighted by atomic mass is 16.3. The molecule has 0 radical (unpaired) electrons. The van der Waals surface area contributed by atoms with Gasteiger partial charge in [0.2, 0.25) is 5.71 Å². The summed E-state index contributed by atoms with van der Waals surface area (Å²) in [5.41, 5.74) is 5.89. The van der Waals surface area contributed by atoms with Crippen LogP contribution >= 0.6 is 0 Å². The van der Waals surface area contributed by atoms with Gasteiger partial charge in [0.25, 0.3) is 0 Å². The van der Waals surface area contributed by atoms with Crippen LogP contribution in [0.5, 0.6) is 0 Å². The van der Waals surface area contributed by atoms with Gasteiger partial charge in [0, 0.05) is 29.7 Å². The van der Waals surface area contributed by atoms with Crippen LogP contribution in [0, 0.1) is 13.8 Å². The number of fused-ring (bicyclic) bond motifs is 4. The summed E-state index contributed by atoms with van der Waals surface area (Å²) in [6.45, 7) is 6.30. The molecule has 5 rings (SSSR count). The zero-order valence-corrected chi connectivity index (χ0v) is 15.3. The summed E-state index contributed by atoms with van der Waals surface area (Å²) >= 11 is 0. The van der Waals surface area contributed by atoms with E-state index < -0.39 is 0 Å². The van der Waals surface area contributed by atoms with Crippen molar-refractivity contribution in [3.05, 3.63) is 53.9 Å². The monoisotopic (exact) mass is 344 g/mol. The average Bonchev–Trinajstić information content (AvgIpc) is 3.11. The number of benzene rings is 1. The molecule has 0 N–H and O–H groups in total. The largest absolute Gasteiger partial charge is 0.435 e. The van der Waals surface area contributed by atoms with Crippen molar-refractivity contribution in [2.45, 2.75) is 26.9 Å². The number of nitrogens with zero attached hydrogens (tertiary/aromatic N) is 4. The van der Waals surface area contributed by atoms with Gasteiger partial charge < -0.3 is 14.2 Å². The maximum atomic E-state index is 6.26. The Kier molecular flexibility index (Phi) is 3.04. The van der Waals surface area contributed by atoms with Crippen LogP contribution in [0.2, 0.25) is 0 Å². The van der Waals surface area contributed by atoms with Crippen LogP contribution in [0.15, 0.2) is 47.0 Å². The van der Waals surface area contributed by atoms with Gasteiger partial charge in [-0.05, 0) is 50.6 Å². The second-order valence-corrected chi connectivity index (χ2v) is 6.97. The van der Waals surface area contributed by atoms with E-state index in [1.165, 1.54) is 5.56 Å². The lowest BCUT2D eigenvalue weighted by atomic mass is 10.1. The Bertz CT molecular complexity index is 1160. The standard InChI is InChI=1S/C21H20N4O/c1-12-7-9-15-16-10-8-13(2)23-21(16)26-19(15)18(12)25-14(3)24(4)20-17(25)6-5-11-22-20/h5-11,14H,1-4H3/t14-/m0/s1. The molecule has 130 valence electrons. The van der Waals surface area contributed by atoms with E-state index >= 15 is 0 Å². The zero-order valence-electron chi connectivity index (χ0n) is 15.3. The first-order valence-electron chi connectivity index (χ1n) is 8.83. The first-order chi connectivity index (χ1) is 12.6. The van der Waals surface area contributed by atoms with Crippen LogP contribution in [0.4, 0.5) is 17.2 Å². The molecular weight excluding hydrogens is 324 g/mol. The normalized spacial score (nSPS) is 16.7. The van der Waals surface area contributed by atoms with E-state index in [1.807, 2.05) is 25.3 Å². The van der Waals surface area contributed by atoms with Gasteiger partial charge in [0.15, 0.2) is 11.4 Å². The van der Waals surface area contributed by atoms with Gasteiger partial charge in [-0.2, -0.15) is 0 Å². The predicted molar refractivity (Wildman–Crippen MR) is 105 cm³/mol. The molecule has 0 saturated carbocycles. The van der Waals surface area contributed by atoms with E-state index in [1.54, 1.807) is 0 Å². The fourth-order valence-electron chi connectivity index (χ4n) is 3.90. The maximum absolute atomic E-state index is 6.26. The van der Waals surface area contributed by atoms with Gasteiger partial charge in [-0.3, -0.25) is 0 Å². The topological polar surface area (TPSA) is 45.4 Å². The molecule has 0 bridgehead atoms. The summed E-state index contributed by atoms with van der Waals surface area (Å²) in [4.78, 5) is 13.7. The SMILES string of the molecule is Cc1ccc2c(n1)oc1c(N3c4cccnc4N(C)[C@@H]3C)c(C)ccc12. The zero-order chi connectivity index (χ0) is 18.0. The van der Waals surface area contributed by atoms with Crippen molar-refractivity contribution in [2.75, 3.05) is 16.8 Å². The molecule has 1 aromatic carbocycles. The highest BCUT2D eigenvalue weighted by Crippen LogP contribution is 2.46. The minimum atomic E-state index is 0.145. The number of rotatable bonds is 1. The number of hydrogen-bond acceptors (Lipinski definition) is 5. The van der Waals surface area contributed by atoms with E-state index in [2.05, 4.69) is 64.9 Å². The third-order valence-electron chi connectivity index (χ3n) is 5.36. The molecule has 0 fully saturated rings. The molecule has 4 aromatic rings. The number of anilines is 3. The molecule has 0 saturated heterocycles. The molecule has 0 unspecified atom stereocenters. The fraction of sp³-hybridized carbons (Fsp3) is 0.238. The summed E-state index contributed by atoms with van der Waals surface area (Å²) in [7, 11) is 2.08. The summed E-state index contributed by atoms with van der Waals surface area (Å²) in [5.74, 6) is 0.987. The van der Waals surface area contributed by atoms with Crippen molar-refractivity contribution in [1.29, 1.82) is 0 Å². The molecular formula is C21H20N4O. The lowest BCUT2D eigenvalue weighted by Gasteiger charge is -2.28. The van der Waals surface area contributed by atoms with E-state index in [9.17, 15) is 0 Å². The Hall–Kier alpha value is -3.08. The quantitative estimate of drug-likeness (QED) is 0.490. The molecule has 26 heavy (non-hydrogen) atoms.